The lowest BCUT2D eigenvalue weighted by molar-refractivity contribution is -0.0524. The number of fused-ring (bicyclic) bond motifs is 1. The minimum absolute atomic E-state index is 0.0666. The Hall–Kier alpha value is -2.92. The summed E-state index contributed by atoms with van der Waals surface area (Å²) in [5.41, 5.74) is -3.70. The normalized spacial score (nSPS) is 22.6. The van der Waals surface area contributed by atoms with Crippen LogP contribution >= 0.6 is 0 Å². The highest BCUT2D eigenvalue weighted by atomic mass is 32.2. The Bertz CT molecular complexity index is 1490. The van der Waals surface area contributed by atoms with Gasteiger partial charge < -0.3 is 13.3 Å². The first-order chi connectivity index (χ1) is 21.1. The molecule has 5 nitrogen and oxygen atoms in total. The molecular formula is C35H41F3O5SSi. The maximum absolute atomic E-state index is 13.2. The summed E-state index contributed by atoms with van der Waals surface area (Å²) in [6.45, 7) is 11.1. The van der Waals surface area contributed by atoms with Crippen LogP contribution in [0.4, 0.5) is 13.2 Å². The number of alkyl halides is 3. The topological polar surface area (TPSA) is 61.8 Å². The maximum atomic E-state index is 13.2. The summed E-state index contributed by atoms with van der Waals surface area (Å²) in [7, 11) is -8.02. The number of ether oxygens (including phenoxy) is 1. The summed E-state index contributed by atoms with van der Waals surface area (Å²) in [6, 6.07) is 29.9. The number of benzene rings is 3. The highest BCUT2D eigenvalue weighted by molar-refractivity contribution is 7.87. The smallest absolute Gasteiger partial charge is 0.414 e. The molecule has 0 heterocycles. The van der Waals surface area contributed by atoms with Gasteiger partial charge in [0.25, 0.3) is 0 Å². The second-order valence-electron chi connectivity index (χ2n) is 13.6. The minimum atomic E-state index is -5.76. The monoisotopic (exact) mass is 658 g/mol. The van der Waals surface area contributed by atoms with E-state index in [4.69, 9.17) is 9.16 Å². The van der Waals surface area contributed by atoms with Crippen molar-refractivity contribution in [2.45, 2.75) is 69.0 Å². The molecule has 0 amide bonds. The predicted molar refractivity (Wildman–Crippen MR) is 171 cm³/mol. The van der Waals surface area contributed by atoms with Crippen molar-refractivity contribution in [1.29, 1.82) is 0 Å². The lowest BCUT2D eigenvalue weighted by Crippen LogP contribution is -2.46. The van der Waals surface area contributed by atoms with E-state index in [1.807, 2.05) is 91.0 Å². The summed E-state index contributed by atoms with van der Waals surface area (Å²) < 4.78 is 82.0. The maximum Gasteiger partial charge on any atom is 0.534 e. The molecule has 0 radical (unpaired) electrons. The molecule has 5 rings (SSSR count). The predicted octanol–water partition coefficient (Wildman–Crippen LogP) is 8.79. The van der Waals surface area contributed by atoms with Crippen LogP contribution < -0.4 is 0 Å². The molecule has 0 aromatic heterocycles. The quantitative estimate of drug-likeness (QED) is 0.0943. The third-order valence-corrected chi connectivity index (χ3v) is 15.2. The lowest BCUT2D eigenvalue weighted by Gasteiger charge is -2.41. The molecule has 1 saturated carbocycles. The third kappa shape index (κ3) is 6.66. The zero-order valence-corrected chi connectivity index (χ0v) is 28.1. The standard InChI is InChI=1S/C35H41F3O5SSi/c1-33(2,3)45(4,5)43-32-22-25-21-29(42-44(39,40)35(36,37)38)23-30(25)31(32)24-41-34(26-15-9-6-10-16-26,27-17-11-7-12-18-27)28-19-13-8-14-20-28/h6-20,23,25,30-32H,21-22,24H2,1-5H3/t25-,30-,31+,32+/m0/s1. The van der Waals surface area contributed by atoms with Gasteiger partial charge >= 0.3 is 15.6 Å². The second kappa shape index (κ2) is 12.4. The molecule has 2 aliphatic rings. The van der Waals surface area contributed by atoms with Gasteiger partial charge in [0.2, 0.25) is 0 Å². The van der Waals surface area contributed by atoms with Gasteiger partial charge in [-0.25, -0.2) is 0 Å². The van der Waals surface area contributed by atoms with Crippen LogP contribution in [0.25, 0.3) is 0 Å². The molecule has 10 heteroatoms. The molecule has 0 N–H and O–H groups in total. The number of allylic oxidation sites excluding steroid dienone is 2. The van der Waals surface area contributed by atoms with Gasteiger partial charge in [-0.15, -0.1) is 0 Å². The van der Waals surface area contributed by atoms with Crippen molar-refractivity contribution in [2.75, 3.05) is 6.61 Å². The van der Waals surface area contributed by atoms with Crippen molar-refractivity contribution >= 4 is 18.4 Å². The van der Waals surface area contributed by atoms with Gasteiger partial charge in [-0.1, -0.05) is 112 Å². The highest BCUT2D eigenvalue weighted by Gasteiger charge is 2.54. The van der Waals surface area contributed by atoms with Gasteiger partial charge in [0.1, 0.15) is 11.4 Å². The van der Waals surface area contributed by atoms with Crippen molar-refractivity contribution in [3.63, 3.8) is 0 Å². The molecule has 3 aromatic rings. The summed E-state index contributed by atoms with van der Waals surface area (Å²) in [5.74, 6) is -0.836. The summed E-state index contributed by atoms with van der Waals surface area (Å²) in [5, 5.41) is -0.0666. The zero-order chi connectivity index (χ0) is 32.7. The third-order valence-electron chi connectivity index (χ3n) is 9.68. The average Bonchev–Trinajstić information content (AvgIpc) is 3.50. The summed E-state index contributed by atoms with van der Waals surface area (Å²) in [6.07, 6.45) is 2.00. The summed E-state index contributed by atoms with van der Waals surface area (Å²) >= 11 is 0. The van der Waals surface area contributed by atoms with Crippen LogP contribution in [0.15, 0.2) is 103 Å². The Kier molecular flexibility index (Phi) is 9.18. The van der Waals surface area contributed by atoms with Crippen molar-refractivity contribution in [2.24, 2.45) is 17.8 Å². The van der Waals surface area contributed by atoms with Crippen molar-refractivity contribution in [3.05, 3.63) is 120 Å². The highest BCUT2D eigenvalue weighted by Crippen LogP contribution is 2.52. The molecule has 0 saturated heterocycles. The molecule has 0 unspecified atom stereocenters. The molecule has 1 fully saturated rings. The molecular weight excluding hydrogens is 618 g/mol. The van der Waals surface area contributed by atoms with Crippen LogP contribution in [0.3, 0.4) is 0 Å². The Morgan fingerprint density at radius 2 is 1.27 bits per heavy atom. The average molecular weight is 659 g/mol. The zero-order valence-electron chi connectivity index (χ0n) is 26.3. The van der Waals surface area contributed by atoms with Crippen LogP contribution in [0.5, 0.6) is 0 Å². The Labute approximate surface area is 265 Å². The number of hydrogen-bond donors (Lipinski definition) is 0. The summed E-state index contributed by atoms with van der Waals surface area (Å²) in [4.78, 5) is 0. The van der Waals surface area contributed by atoms with E-state index >= 15 is 0 Å². The van der Waals surface area contributed by atoms with E-state index in [-0.39, 0.29) is 47.7 Å². The van der Waals surface area contributed by atoms with Gasteiger partial charge in [-0.05, 0) is 59.2 Å². The van der Waals surface area contributed by atoms with Crippen molar-refractivity contribution in [3.8, 4) is 0 Å². The van der Waals surface area contributed by atoms with Crippen LogP contribution in [0.2, 0.25) is 18.1 Å². The molecule has 0 aliphatic heterocycles. The van der Waals surface area contributed by atoms with E-state index in [1.54, 1.807) is 6.08 Å². The Morgan fingerprint density at radius 1 is 0.800 bits per heavy atom. The van der Waals surface area contributed by atoms with Crippen molar-refractivity contribution < 1.29 is 34.9 Å². The molecule has 4 atom stereocenters. The molecule has 2 aliphatic carbocycles. The number of rotatable bonds is 10. The van der Waals surface area contributed by atoms with Crippen molar-refractivity contribution in [1.82, 2.24) is 0 Å². The number of halogens is 3. The SMILES string of the molecule is CC(C)(C)[Si](C)(C)O[C@@H]1C[C@@H]2CC(OS(=O)(=O)C(F)(F)F)=C[C@@H]2[C@H]1COC(c1ccccc1)(c1ccccc1)c1ccccc1. The fourth-order valence-electron chi connectivity index (χ4n) is 6.40. The largest absolute Gasteiger partial charge is 0.534 e. The molecule has 45 heavy (non-hydrogen) atoms. The van der Waals surface area contributed by atoms with E-state index in [1.165, 1.54) is 0 Å². The van der Waals surface area contributed by atoms with Gasteiger partial charge in [0.05, 0.1) is 12.7 Å². The van der Waals surface area contributed by atoms with Gasteiger partial charge in [-0.3, -0.25) is 0 Å². The second-order valence-corrected chi connectivity index (χ2v) is 19.9. The van der Waals surface area contributed by atoms with Gasteiger partial charge in [-0.2, -0.15) is 21.6 Å². The fourth-order valence-corrected chi connectivity index (χ4v) is 8.28. The van der Waals surface area contributed by atoms with Crippen LogP contribution in [-0.4, -0.2) is 35.0 Å². The Balaban J connectivity index is 1.56. The Morgan fingerprint density at radius 3 is 1.69 bits per heavy atom. The number of hydrogen-bond acceptors (Lipinski definition) is 5. The van der Waals surface area contributed by atoms with E-state index in [0.29, 0.717) is 6.42 Å². The van der Waals surface area contributed by atoms with E-state index in [2.05, 4.69) is 38.0 Å². The molecule has 0 bridgehead atoms. The molecule has 0 spiro atoms. The fraction of sp³-hybridized carbons (Fsp3) is 0.429. The van der Waals surface area contributed by atoms with Crippen LogP contribution in [0.1, 0.15) is 50.3 Å². The van der Waals surface area contributed by atoms with E-state index in [9.17, 15) is 21.6 Å². The minimum Gasteiger partial charge on any atom is -0.414 e. The lowest BCUT2D eigenvalue weighted by atomic mass is 9.79. The van der Waals surface area contributed by atoms with E-state index < -0.39 is 29.5 Å². The first-order valence-corrected chi connectivity index (χ1v) is 19.6. The van der Waals surface area contributed by atoms with Crippen LogP contribution in [0, 0.1) is 17.8 Å². The first kappa shape index (κ1) is 33.4. The van der Waals surface area contributed by atoms with Gasteiger partial charge in [0.15, 0.2) is 8.32 Å². The van der Waals surface area contributed by atoms with Gasteiger partial charge in [0, 0.05) is 12.3 Å². The van der Waals surface area contributed by atoms with Crippen LogP contribution in [-0.2, 0) is 29.1 Å². The molecule has 3 aromatic carbocycles. The molecule has 242 valence electrons. The first-order valence-electron chi connectivity index (χ1n) is 15.2. The van der Waals surface area contributed by atoms with E-state index in [0.717, 1.165) is 16.7 Å².